The Kier molecular flexibility index (Phi) is 5.56. The average Bonchev–Trinajstić information content (AvgIpc) is 2.98. The van der Waals surface area contributed by atoms with Crippen LogP contribution < -0.4 is 10.1 Å². The number of fused-ring (bicyclic) bond motifs is 1. The first kappa shape index (κ1) is 17.3. The van der Waals surface area contributed by atoms with E-state index in [9.17, 15) is 4.79 Å². The van der Waals surface area contributed by atoms with Crippen LogP contribution in [0.15, 0.2) is 48.5 Å². The molecule has 6 heteroatoms. The van der Waals surface area contributed by atoms with Crippen LogP contribution in [0.5, 0.6) is 5.75 Å². The number of amides is 1. The molecule has 1 amide bonds. The van der Waals surface area contributed by atoms with Gasteiger partial charge >= 0.3 is 0 Å². The molecule has 5 nitrogen and oxygen atoms in total. The highest BCUT2D eigenvalue weighted by molar-refractivity contribution is 6.30. The van der Waals surface area contributed by atoms with Crippen molar-refractivity contribution in [1.82, 2.24) is 14.9 Å². The number of halogens is 1. The van der Waals surface area contributed by atoms with E-state index in [1.54, 1.807) is 24.3 Å². The van der Waals surface area contributed by atoms with Gasteiger partial charge in [0.1, 0.15) is 11.6 Å². The van der Waals surface area contributed by atoms with Crippen LogP contribution in [0.1, 0.15) is 19.2 Å². The highest BCUT2D eigenvalue weighted by atomic mass is 35.5. The Bertz CT molecular complexity index is 859. The standard InChI is InChI=1S/C19H20ClN3O2/c1-2-11-23-17-6-4-3-5-16(17)22-18(23)12-21-19(24)13-25-15-9-7-14(20)8-10-15/h3-10H,2,11-13H2,1H3,(H,21,24). The molecule has 1 aromatic heterocycles. The molecule has 1 heterocycles. The maximum absolute atomic E-state index is 12.0. The van der Waals surface area contributed by atoms with E-state index in [2.05, 4.69) is 21.8 Å². The van der Waals surface area contributed by atoms with E-state index >= 15 is 0 Å². The molecule has 130 valence electrons. The number of aryl methyl sites for hydroxylation is 1. The van der Waals surface area contributed by atoms with Gasteiger partial charge in [0.25, 0.3) is 5.91 Å². The minimum absolute atomic E-state index is 0.0460. The number of imidazole rings is 1. The molecule has 0 atom stereocenters. The Hall–Kier alpha value is -2.53. The first-order chi connectivity index (χ1) is 12.2. The molecule has 0 bridgehead atoms. The summed E-state index contributed by atoms with van der Waals surface area (Å²) < 4.78 is 7.60. The number of hydrogen-bond acceptors (Lipinski definition) is 3. The molecule has 0 unspecified atom stereocenters. The number of aromatic nitrogens is 2. The fourth-order valence-electron chi connectivity index (χ4n) is 2.64. The van der Waals surface area contributed by atoms with Crippen molar-refractivity contribution in [2.75, 3.05) is 6.61 Å². The van der Waals surface area contributed by atoms with E-state index < -0.39 is 0 Å². The van der Waals surface area contributed by atoms with Crippen molar-refractivity contribution in [3.63, 3.8) is 0 Å². The summed E-state index contributed by atoms with van der Waals surface area (Å²) in [6.07, 6.45) is 1.00. The minimum atomic E-state index is -0.190. The number of rotatable bonds is 7. The lowest BCUT2D eigenvalue weighted by Crippen LogP contribution is -2.29. The summed E-state index contributed by atoms with van der Waals surface area (Å²) in [6.45, 7) is 3.32. The first-order valence-electron chi connectivity index (χ1n) is 8.26. The Morgan fingerprint density at radius 1 is 1.20 bits per heavy atom. The van der Waals surface area contributed by atoms with Crippen LogP contribution in [0.4, 0.5) is 0 Å². The lowest BCUT2D eigenvalue weighted by atomic mass is 10.3. The molecule has 0 saturated heterocycles. The van der Waals surface area contributed by atoms with Gasteiger partial charge < -0.3 is 14.6 Å². The van der Waals surface area contributed by atoms with Gasteiger partial charge in [0.2, 0.25) is 0 Å². The zero-order valence-corrected chi connectivity index (χ0v) is 14.8. The summed E-state index contributed by atoms with van der Waals surface area (Å²) in [6, 6.07) is 14.9. The van der Waals surface area contributed by atoms with Gasteiger partial charge in [-0.25, -0.2) is 4.98 Å². The fourth-order valence-corrected chi connectivity index (χ4v) is 2.77. The van der Waals surface area contributed by atoms with Crippen molar-refractivity contribution < 1.29 is 9.53 Å². The molecule has 3 aromatic rings. The average molecular weight is 358 g/mol. The van der Waals surface area contributed by atoms with Gasteiger partial charge in [-0.05, 0) is 42.8 Å². The van der Waals surface area contributed by atoms with E-state index in [4.69, 9.17) is 16.3 Å². The number of hydrogen-bond donors (Lipinski definition) is 1. The number of nitrogens with zero attached hydrogens (tertiary/aromatic N) is 2. The first-order valence-corrected chi connectivity index (χ1v) is 8.64. The maximum Gasteiger partial charge on any atom is 0.258 e. The van der Waals surface area contributed by atoms with Gasteiger partial charge in [0.15, 0.2) is 6.61 Å². The van der Waals surface area contributed by atoms with Gasteiger partial charge in [0, 0.05) is 11.6 Å². The Labute approximate surface area is 151 Å². The molecule has 0 aliphatic heterocycles. The number of benzene rings is 2. The maximum atomic E-state index is 12.0. The van der Waals surface area contributed by atoms with E-state index in [0.717, 1.165) is 29.8 Å². The topological polar surface area (TPSA) is 56.2 Å². The van der Waals surface area contributed by atoms with Gasteiger partial charge in [-0.1, -0.05) is 30.7 Å². The third-order valence-electron chi connectivity index (χ3n) is 3.81. The molecule has 1 N–H and O–H groups in total. The largest absolute Gasteiger partial charge is 0.484 e. The molecule has 25 heavy (non-hydrogen) atoms. The molecular formula is C19H20ClN3O2. The second kappa shape index (κ2) is 8.03. The molecule has 0 fully saturated rings. The van der Waals surface area contributed by atoms with Crippen LogP contribution in [-0.4, -0.2) is 22.1 Å². The monoisotopic (exact) mass is 357 g/mol. The number of ether oxygens (including phenoxy) is 1. The highest BCUT2D eigenvalue weighted by Crippen LogP contribution is 2.17. The van der Waals surface area contributed by atoms with Crippen molar-refractivity contribution in [3.8, 4) is 5.75 Å². The van der Waals surface area contributed by atoms with Crippen LogP contribution in [0, 0.1) is 0 Å². The van der Waals surface area contributed by atoms with Gasteiger partial charge in [-0.15, -0.1) is 0 Å². The summed E-state index contributed by atoms with van der Waals surface area (Å²) in [5.74, 6) is 1.27. The smallest absolute Gasteiger partial charge is 0.258 e. The Morgan fingerprint density at radius 2 is 1.96 bits per heavy atom. The van der Waals surface area contributed by atoms with Gasteiger partial charge in [-0.3, -0.25) is 4.79 Å². The lowest BCUT2D eigenvalue weighted by Gasteiger charge is -2.10. The molecule has 0 radical (unpaired) electrons. The zero-order chi connectivity index (χ0) is 17.6. The fraction of sp³-hybridized carbons (Fsp3) is 0.263. The minimum Gasteiger partial charge on any atom is -0.484 e. The predicted octanol–water partition coefficient (Wildman–Crippen LogP) is 3.79. The Morgan fingerprint density at radius 3 is 2.72 bits per heavy atom. The van der Waals surface area contributed by atoms with E-state index in [-0.39, 0.29) is 12.5 Å². The SMILES string of the molecule is CCCn1c(CNC(=O)COc2ccc(Cl)cc2)nc2ccccc21. The predicted molar refractivity (Wildman–Crippen MR) is 98.8 cm³/mol. The molecule has 0 spiro atoms. The van der Waals surface area contributed by atoms with E-state index in [0.29, 0.717) is 17.3 Å². The third-order valence-corrected chi connectivity index (χ3v) is 4.06. The van der Waals surface area contributed by atoms with Crippen LogP contribution in [0.3, 0.4) is 0 Å². The number of nitrogens with one attached hydrogen (secondary N) is 1. The quantitative estimate of drug-likeness (QED) is 0.699. The van der Waals surface area contributed by atoms with Crippen molar-refractivity contribution in [2.45, 2.75) is 26.4 Å². The van der Waals surface area contributed by atoms with Crippen LogP contribution in [0.2, 0.25) is 5.02 Å². The molecule has 0 saturated carbocycles. The summed E-state index contributed by atoms with van der Waals surface area (Å²) >= 11 is 5.82. The summed E-state index contributed by atoms with van der Waals surface area (Å²) in [5.41, 5.74) is 2.03. The molecular weight excluding hydrogens is 338 g/mol. The summed E-state index contributed by atoms with van der Waals surface area (Å²) in [4.78, 5) is 16.7. The number of para-hydroxylation sites is 2. The lowest BCUT2D eigenvalue weighted by molar-refractivity contribution is -0.123. The van der Waals surface area contributed by atoms with Crippen LogP contribution in [-0.2, 0) is 17.9 Å². The van der Waals surface area contributed by atoms with E-state index in [1.165, 1.54) is 0 Å². The van der Waals surface area contributed by atoms with Crippen molar-refractivity contribution in [2.24, 2.45) is 0 Å². The van der Waals surface area contributed by atoms with Crippen molar-refractivity contribution in [3.05, 3.63) is 59.4 Å². The molecule has 0 aliphatic rings. The molecule has 3 rings (SSSR count). The number of carbonyl (C=O) groups excluding carboxylic acids is 1. The normalized spacial score (nSPS) is 10.8. The van der Waals surface area contributed by atoms with Crippen LogP contribution in [0.25, 0.3) is 11.0 Å². The summed E-state index contributed by atoms with van der Waals surface area (Å²) in [7, 11) is 0. The van der Waals surface area contributed by atoms with Crippen LogP contribution >= 0.6 is 11.6 Å². The Balaban J connectivity index is 1.60. The van der Waals surface area contributed by atoms with Gasteiger partial charge in [0.05, 0.1) is 17.6 Å². The third kappa shape index (κ3) is 4.31. The second-order valence-corrected chi connectivity index (χ2v) is 6.12. The highest BCUT2D eigenvalue weighted by Gasteiger charge is 2.11. The number of carbonyl (C=O) groups is 1. The molecule has 0 aliphatic carbocycles. The summed E-state index contributed by atoms with van der Waals surface area (Å²) in [5, 5.41) is 3.50. The zero-order valence-electron chi connectivity index (χ0n) is 14.0. The second-order valence-electron chi connectivity index (χ2n) is 5.69. The van der Waals surface area contributed by atoms with Crippen molar-refractivity contribution >= 4 is 28.5 Å². The van der Waals surface area contributed by atoms with Gasteiger partial charge in [-0.2, -0.15) is 0 Å². The molecule has 2 aromatic carbocycles. The van der Waals surface area contributed by atoms with E-state index in [1.807, 2.05) is 24.3 Å². The van der Waals surface area contributed by atoms with Crippen molar-refractivity contribution in [1.29, 1.82) is 0 Å².